The quantitative estimate of drug-likeness (QED) is 0.874. The van der Waals surface area contributed by atoms with Crippen LogP contribution in [0.3, 0.4) is 0 Å². The maximum Gasteiger partial charge on any atom is 0.137 e. The maximum atomic E-state index is 5.74. The van der Waals surface area contributed by atoms with E-state index in [1.165, 1.54) is 11.1 Å². The SMILES string of the molecule is Cl.NC[C@@H]1OCCc2c(-c3ncc[nH]3)cccc21. The van der Waals surface area contributed by atoms with Crippen molar-refractivity contribution in [3.05, 3.63) is 41.7 Å². The molecule has 96 valence electrons. The fourth-order valence-electron chi connectivity index (χ4n) is 2.41. The summed E-state index contributed by atoms with van der Waals surface area (Å²) in [5, 5.41) is 0. The molecule has 0 saturated heterocycles. The number of H-pyrrole nitrogens is 1. The number of rotatable bonds is 2. The molecule has 0 unspecified atom stereocenters. The second kappa shape index (κ2) is 5.52. The van der Waals surface area contributed by atoms with Gasteiger partial charge in [-0.2, -0.15) is 0 Å². The summed E-state index contributed by atoms with van der Waals surface area (Å²) in [5.41, 5.74) is 9.41. The predicted octanol–water partition coefficient (Wildman–Crippen LogP) is 2.07. The molecule has 1 aromatic carbocycles. The number of hydrogen-bond acceptors (Lipinski definition) is 3. The molecule has 3 rings (SSSR count). The number of ether oxygens (including phenoxy) is 1. The first-order valence-electron chi connectivity index (χ1n) is 5.83. The van der Waals surface area contributed by atoms with E-state index in [-0.39, 0.29) is 18.5 Å². The van der Waals surface area contributed by atoms with E-state index in [9.17, 15) is 0 Å². The highest BCUT2D eigenvalue weighted by atomic mass is 35.5. The highest BCUT2D eigenvalue weighted by Gasteiger charge is 2.22. The number of aromatic amines is 1. The smallest absolute Gasteiger partial charge is 0.137 e. The van der Waals surface area contributed by atoms with Gasteiger partial charge in [0.05, 0.1) is 12.7 Å². The Labute approximate surface area is 112 Å². The van der Waals surface area contributed by atoms with Gasteiger partial charge in [0, 0.05) is 24.5 Å². The number of hydrogen-bond donors (Lipinski definition) is 2. The molecular weight excluding hydrogens is 250 g/mol. The first-order valence-corrected chi connectivity index (χ1v) is 5.83. The van der Waals surface area contributed by atoms with Crippen molar-refractivity contribution in [3.8, 4) is 11.4 Å². The minimum atomic E-state index is 0. The Kier molecular flexibility index (Phi) is 4.01. The Morgan fingerprint density at radius 3 is 3.06 bits per heavy atom. The highest BCUT2D eigenvalue weighted by molar-refractivity contribution is 5.85. The van der Waals surface area contributed by atoms with Crippen molar-refractivity contribution in [2.75, 3.05) is 13.2 Å². The molecule has 0 amide bonds. The normalized spacial score (nSPS) is 17.9. The number of halogens is 1. The Balaban J connectivity index is 0.00000120. The molecule has 1 aliphatic rings. The molecule has 3 N–H and O–H groups in total. The lowest BCUT2D eigenvalue weighted by Crippen LogP contribution is -2.23. The van der Waals surface area contributed by atoms with Crippen LogP contribution >= 0.6 is 12.4 Å². The second-order valence-corrected chi connectivity index (χ2v) is 4.16. The Morgan fingerprint density at radius 1 is 1.44 bits per heavy atom. The van der Waals surface area contributed by atoms with Gasteiger partial charge in [-0.05, 0) is 17.5 Å². The molecule has 4 nitrogen and oxygen atoms in total. The van der Waals surface area contributed by atoms with E-state index in [2.05, 4.69) is 22.1 Å². The van der Waals surface area contributed by atoms with Crippen molar-refractivity contribution in [2.45, 2.75) is 12.5 Å². The molecule has 2 heterocycles. The molecule has 1 aromatic heterocycles. The van der Waals surface area contributed by atoms with Crippen LogP contribution in [0.5, 0.6) is 0 Å². The van der Waals surface area contributed by atoms with Crippen LogP contribution in [0.2, 0.25) is 0 Å². The summed E-state index contributed by atoms with van der Waals surface area (Å²) < 4.78 is 5.67. The average molecular weight is 266 g/mol. The zero-order valence-electron chi connectivity index (χ0n) is 9.93. The largest absolute Gasteiger partial charge is 0.372 e. The highest BCUT2D eigenvalue weighted by Crippen LogP contribution is 2.32. The summed E-state index contributed by atoms with van der Waals surface area (Å²) in [5.74, 6) is 0.916. The van der Waals surface area contributed by atoms with Crippen molar-refractivity contribution >= 4 is 12.4 Å². The molecule has 0 radical (unpaired) electrons. The maximum absolute atomic E-state index is 5.74. The number of nitrogens with two attached hydrogens (primary N) is 1. The van der Waals surface area contributed by atoms with Crippen LogP contribution in [0.25, 0.3) is 11.4 Å². The third-order valence-corrected chi connectivity index (χ3v) is 3.20. The standard InChI is InChI=1S/C13H15N3O.ClH/c14-8-12-10-2-1-3-11(9(10)4-7-17-12)13-15-5-6-16-13;/h1-3,5-6,12H,4,7-8,14H2,(H,15,16);1H/t12-;/m0./s1. The van der Waals surface area contributed by atoms with Gasteiger partial charge >= 0.3 is 0 Å². The van der Waals surface area contributed by atoms with Gasteiger partial charge in [0.15, 0.2) is 0 Å². The minimum Gasteiger partial charge on any atom is -0.372 e. The molecule has 5 heteroatoms. The molecular formula is C13H16ClN3O. The molecule has 2 aromatic rings. The van der Waals surface area contributed by atoms with E-state index in [0.717, 1.165) is 24.4 Å². The van der Waals surface area contributed by atoms with E-state index in [1.54, 1.807) is 6.20 Å². The van der Waals surface area contributed by atoms with Crippen LogP contribution in [0.1, 0.15) is 17.2 Å². The van der Waals surface area contributed by atoms with Gasteiger partial charge in [0.1, 0.15) is 5.82 Å². The van der Waals surface area contributed by atoms with E-state index in [0.29, 0.717) is 6.54 Å². The molecule has 0 bridgehead atoms. The summed E-state index contributed by atoms with van der Waals surface area (Å²) in [6, 6.07) is 6.23. The van der Waals surface area contributed by atoms with Gasteiger partial charge < -0.3 is 15.5 Å². The molecule has 1 atom stereocenters. The van der Waals surface area contributed by atoms with Crippen LogP contribution in [0, 0.1) is 0 Å². The van der Waals surface area contributed by atoms with Gasteiger partial charge in [0.25, 0.3) is 0 Å². The van der Waals surface area contributed by atoms with Gasteiger partial charge in [-0.25, -0.2) is 4.98 Å². The van der Waals surface area contributed by atoms with E-state index >= 15 is 0 Å². The molecule has 0 aliphatic carbocycles. The van der Waals surface area contributed by atoms with Crippen LogP contribution in [-0.2, 0) is 11.2 Å². The summed E-state index contributed by atoms with van der Waals surface area (Å²) in [6.45, 7) is 1.25. The van der Waals surface area contributed by atoms with Crippen LogP contribution < -0.4 is 5.73 Å². The Hall–Kier alpha value is -1.36. The summed E-state index contributed by atoms with van der Waals surface area (Å²) in [4.78, 5) is 7.47. The first-order chi connectivity index (χ1) is 8.40. The zero-order valence-corrected chi connectivity index (χ0v) is 10.7. The molecule has 0 fully saturated rings. The number of aromatic nitrogens is 2. The molecule has 18 heavy (non-hydrogen) atoms. The predicted molar refractivity (Wildman–Crippen MR) is 72.7 cm³/mol. The third kappa shape index (κ3) is 2.14. The minimum absolute atomic E-state index is 0. The molecule has 1 aliphatic heterocycles. The summed E-state index contributed by atoms with van der Waals surface area (Å²) in [7, 11) is 0. The number of imidazole rings is 1. The lowest BCUT2D eigenvalue weighted by atomic mass is 9.92. The zero-order chi connectivity index (χ0) is 11.7. The van der Waals surface area contributed by atoms with Gasteiger partial charge in [0.2, 0.25) is 0 Å². The van der Waals surface area contributed by atoms with Crippen molar-refractivity contribution in [2.24, 2.45) is 5.73 Å². The topological polar surface area (TPSA) is 63.9 Å². The number of nitrogens with one attached hydrogen (secondary N) is 1. The molecule has 0 saturated carbocycles. The first kappa shape index (κ1) is 13.1. The van der Waals surface area contributed by atoms with Crippen LogP contribution in [-0.4, -0.2) is 23.1 Å². The van der Waals surface area contributed by atoms with Gasteiger partial charge in [-0.3, -0.25) is 0 Å². The van der Waals surface area contributed by atoms with Crippen molar-refractivity contribution in [3.63, 3.8) is 0 Å². The van der Waals surface area contributed by atoms with Crippen molar-refractivity contribution in [1.29, 1.82) is 0 Å². The number of nitrogens with zero attached hydrogens (tertiary/aromatic N) is 1. The Morgan fingerprint density at radius 2 is 2.33 bits per heavy atom. The lowest BCUT2D eigenvalue weighted by Gasteiger charge is -2.26. The number of fused-ring (bicyclic) bond motifs is 1. The van der Waals surface area contributed by atoms with Crippen LogP contribution in [0.4, 0.5) is 0 Å². The number of benzene rings is 1. The van der Waals surface area contributed by atoms with Gasteiger partial charge in [-0.15, -0.1) is 12.4 Å². The lowest BCUT2D eigenvalue weighted by molar-refractivity contribution is 0.0486. The van der Waals surface area contributed by atoms with Crippen molar-refractivity contribution < 1.29 is 4.74 Å². The monoisotopic (exact) mass is 265 g/mol. The van der Waals surface area contributed by atoms with E-state index < -0.39 is 0 Å². The molecule has 0 spiro atoms. The van der Waals surface area contributed by atoms with Crippen LogP contribution in [0.15, 0.2) is 30.6 Å². The fourth-order valence-corrected chi connectivity index (χ4v) is 2.41. The third-order valence-electron chi connectivity index (χ3n) is 3.20. The summed E-state index contributed by atoms with van der Waals surface area (Å²) >= 11 is 0. The Bertz CT molecular complexity index is 513. The van der Waals surface area contributed by atoms with Gasteiger partial charge in [-0.1, -0.05) is 18.2 Å². The average Bonchev–Trinajstić information content (AvgIpc) is 2.91. The fraction of sp³-hybridized carbons (Fsp3) is 0.308. The van der Waals surface area contributed by atoms with Crippen molar-refractivity contribution in [1.82, 2.24) is 9.97 Å². The van der Waals surface area contributed by atoms with E-state index in [4.69, 9.17) is 10.5 Å². The second-order valence-electron chi connectivity index (χ2n) is 4.16. The van der Waals surface area contributed by atoms with E-state index in [1.807, 2.05) is 12.3 Å². The summed E-state index contributed by atoms with van der Waals surface area (Å²) in [6.07, 6.45) is 4.56.